The van der Waals surface area contributed by atoms with Crippen molar-refractivity contribution in [2.75, 3.05) is 34.3 Å². The van der Waals surface area contributed by atoms with Crippen molar-refractivity contribution in [3.05, 3.63) is 54.1 Å². The van der Waals surface area contributed by atoms with Gasteiger partial charge >= 0.3 is 10.1 Å². The van der Waals surface area contributed by atoms with E-state index in [9.17, 15) is 13.2 Å². The smallest absolute Gasteiger partial charge is 0.339 e. The lowest BCUT2D eigenvalue weighted by atomic mass is 10.1. The number of hydrogen-bond donors (Lipinski definition) is 0. The van der Waals surface area contributed by atoms with Crippen molar-refractivity contribution in [3.63, 3.8) is 0 Å². The third-order valence-electron chi connectivity index (χ3n) is 4.47. The highest BCUT2D eigenvalue weighted by atomic mass is 32.2. The SMILES string of the molecule is COc1ccc(S(=O)(=O)Oc2ccc(CN(CCN(C)C)C(=O)C(C)C)cc2)cc1. The highest BCUT2D eigenvalue weighted by Gasteiger charge is 2.19. The lowest BCUT2D eigenvalue weighted by Gasteiger charge is -2.26. The Kier molecular flexibility index (Phi) is 8.25. The molecule has 0 aliphatic heterocycles. The van der Waals surface area contributed by atoms with E-state index in [-0.39, 0.29) is 22.5 Å². The number of amides is 1. The van der Waals surface area contributed by atoms with Crippen molar-refractivity contribution >= 4 is 16.0 Å². The van der Waals surface area contributed by atoms with Crippen molar-refractivity contribution in [1.29, 1.82) is 0 Å². The minimum atomic E-state index is -3.94. The molecule has 0 aliphatic carbocycles. The quantitative estimate of drug-likeness (QED) is 0.535. The van der Waals surface area contributed by atoms with Crippen LogP contribution in [0.2, 0.25) is 0 Å². The maximum atomic E-state index is 12.5. The fourth-order valence-corrected chi connectivity index (χ4v) is 3.67. The Hall–Kier alpha value is -2.58. The second kappa shape index (κ2) is 10.4. The summed E-state index contributed by atoms with van der Waals surface area (Å²) in [4.78, 5) is 16.4. The average Bonchev–Trinajstić information content (AvgIpc) is 2.71. The highest BCUT2D eigenvalue weighted by Crippen LogP contribution is 2.22. The van der Waals surface area contributed by atoms with Crippen LogP contribution in [0.3, 0.4) is 0 Å². The molecule has 0 bridgehead atoms. The van der Waals surface area contributed by atoms with Gasteiger partial charge in [-0.15, -0.1) is 0 Å². The minimum Gasteiger partial charge on any atom is -0.497 e. The number of benzene rings is 2. The van der Waals surface area contributed by atoms with E-state index < -0.39 is 10.1 Å². The summed E-state index contributed by atoms with van der Waals surface area (Å²) in [5.74, 6) is 0.765. The summed E-state index contributed by atoms with van der Waals surface area (Å²) < 4.78 is 35.2. The highest BCUT2D eigenvalue weighted by molar-refractivity contribution is 7.87. The summed E-state index contributed by atoms with van der Waals surface area (Å²) in [7, 11) is 1.50. The van der Waals surface area contributed by atoms with E-state index in [1.165, 1.54) is 19.2 Å². The summed E-state index contributed by atoms with van der Waals surface area (Å²) >= 11 is 0. The fourth-order valence-electron chi connectivity index (χ4n) is 2.74. The van der Waals surface area contributed by atoms with E-state index in [0.29, 0.717) is 18.8 Å². The molecule has 0 saturated carbocycles. The standard InChI is InChI=1S/C22H30N2O5S/c1-17(2)22(25)24(15-14-23(3)4)16-18-6-8-20(9-7-18)29-30(26,27)21-12-10-19(28-5)11-13-21/h6-13,17H,14-16H2,1-5H3. The number of ether oxygens (including phenoxy) is 1. The number of carbonyl (C=O) groups is 1. The summed E-state index contributed by atoms with van der Waals surface area (Å²) in [5.41, 5.74) is 0.900. The van der Waals surface area contributed by atoms with E-state index in [0.717, 1.165) is 12.1 Å². The summed E-state index contributed by atoms with van der Waals surface area (Å²) in [5, 5.41) is 0. The van der Waals surface area contributed by atoms with Gasteiger partial charge in [0.1, 0.15) is 16.4 Å². The fraction of sp³-hybridized carbons (Fsp3) is 0.409. The van der Waals surface area contributed by atoms with Gasteiger partial charge in [-0.25, -0.2) is 0 Å². The maximum Gasteiger partial charge on any atom is 0.339 e. The predicted octanol–water partition coefficient (Wildman–Crippen LogP) is 3.01. The molecular formula is C22H30N2O5S. The van der Waals surface area contributed by atoms with Crippen molar-refractivity contribution in [3.8, 4) is 11.5 Å². The lowest BCUT2D eigenvalue weighted by molar-refractivity contribution is -0.135. The molecule has 0 unspecified atom stereocenters. The van der Waals surface area contributed by atoms with Gasteiger partial charge in [0.05, 0.1) is 7.11 Å². The van der Waals surface area contributed by atoms with Crippen LogP contribution in [0.5, 0.6) is 11.5 Å². The van der Waals surface area contributed by atoms with Crippen LogP contribution in [0.25, 0.3) is 0 Å². The van der Waals surface area contributed by atoms with E-state index in [1.807, 2.05) is 37.7 Å². The molecular weight excluding hydrogens is 404 g/mol. The maximum absolute atomic E-state index is 12.5. The third-order valence-corrected chi connectivity index (χ3v) is 5.73. The molecule has 2 aromatic carbocycles. The second-order valence-electron chi connectivity index (χ2n) is 7.57. The molecule has 0 saturated heterocycles. The lowest BCUT2D eigenvalue weighted by Crippen LogP contribution is -2.38. The monoisotopic (exact) mass is 434 g/mol. The molecule has 0 aromatic heterocycles. The zero-order valence-electron chi connectivity index (χ0n) is 18.2. The van der Waals surface area contributed by atoms with Gasteiger partial charge in [0.2, 0.25) is 5.91 Å². The molecule has 8 heteroatoms. The second-order valence-corrected chi connectivity index (χ2v) is 9.12. The van der Waals surface area contributed by atoms with Crippen molar-refractivity contribution in [1.82, 2.24) is 9.80 Å². The molecule has 164 valence electrons. The molecule has 0 atom stereocenters. The molecule has 2 aromatic rings. The Morgan fingerprint density at radius 1 is 0.933 bits per heavy atom. The predicted molar refractivity (Wildman–Crippen MR) is 116 cm³/mol. The molecule has 0 heterocycles. The molecule has 0 spiro atoms. The number of nitrogens with zero attached hydrogens (tertiary/aromatic N) is 2. The summed E-state index contributed by atoms with van der Waals surface area (Å²) in [6, 6.07) is 12.7. The van der Waals surface area contributed by atoms with Crippen LogP contribution in [-0.2, 0) is 21.5 Å². The number of rotatable bonds is 10. The molecule has 0 N–H and O–H groups in total. The van der Waals surface area contributed by atoms with Gasteiger partial charge in [-0.05, 0) is 56.1 Å². The van der Waals surface area contributed by atoms with Gasteiger partial charge in [0.15, 0.2) is 0 Å². The van der Waals surface area contributed by atoms with Crippen molar-refractivity contribution in [2.24, 2.45) is 5.92 Å². The Bertz CT molecular complexity index is 923. The third kappa shape index (κ3) is 6.74. The Balaban J connectivity index is 2.09. The van der Waals surface area contributed by atoms with Crippen molar-refractivity contribution in [2.45, 2.75) is 25.3 Å². The first-order valence-electron chi connectivity index (χ1n) is 9.73. The molecule has 2 rings (SSSR count). The number of methoxy groups -OCH3 is 1. The first-order chi connectivity index (χ1) is 14.1. The number of likely N-dealkylation sites (N-methyl/N-ethyl adjacent to an activating group) is 1. The van der Waals surface area contributed by atoms with Crippen LogP contribution in [-0.4, -0.2) is 58.4 Å². The first-order valence-corrected chi connectivity index (χ1v) is 11.1. The molecule has 7 nitrogen and oxygen atoms in total. The average molecular weight is 435 g/mol. The zero-order chi connectivity index (χ0) is 22.3. The van der Waals surface area contributed by atoms with Gasteiger partial charge in [0, 0.05) is 25.6 Å². The van der Waals surface area contributed by atoms with Crippen LogP contribution in [0, 0.1) is 5.92 Å². The van der Waals surface area contributed by atoms with Crippen LogP contribution in [0.4, 0.5) is 0 Å². The van der Waals surface area contributed by atoms with Gasteiger partial charge in [-0.3, -0.25) is 4.79 Å². The normalized spacial score (nSPS) is 11.6. The van der Waals surface area contributed by atoms with Crippen LogP contribution in [0.15, 0.2) is 53.4 Å². The van der Waals surface area contributed by atoms with E-state index in [1.54, 1.807) is 36.4 Å². The first kappa shape index (κ1) is 23.7. The Labute approximate surface area is 179 Å². The van der Waals surface area contributed by atoms with E-state index >= 15 is 0 Å². The van der Waals surface area contributed by atoms with E-state index in [2.05, 4.69) is 0 Å². The van der Waals surface area contributed by atoms with Crippen LogP contribution in [0.1, 0.15) is 19.4 Å². The zero-order valence-corrected chi connectivity index (χ0v) is 19.0. The largest absolute Gasteiger partial charge is 0.497 e. The topological polar surface area (TPSA) is 76.2 Å². The van der Waals surface area contributed by atoms with Crippen LogP contribution < -0.4 is 8.92 Å². The summed E-state index contributed by atoms with van der Waals surface area (Å²) in [6.07, 6.45) is 0. The molecule has 0 fully saturated rings. The Morgan fingerprint density at radius 3 is 2.00 bits per heavy atom. The Morgan fingerprint density at radius 2 is 1.50 bits per heavy atom. The summed E-state index contributed by atoms with van der Waals surface area (Å²) in [6.45, 7) is 5.60. The minimum absolute atomic E-state index is 0.0461. The number of carbonyl (C=O) groups excluding carboxylic acids is 1. The molecule has 0 radical (unpaired) electrons. The van der Waals surface area contributed by atoms with Crippen LogP contribution >= 0.6 is 0 Å². The molecule has 30 heavy (non-hydrogen) atoms. The van der Waals surface area contributed by atoms with Gasteiger partial charge < -0.3 is 18.7 Å². The van der Waals surface area contributed by atoms with Gasteiger partial charge in [-0.1, -0.05) is 26.0 Å². The molecule has 1 amide bonds. The van der Waals surface area contributed by atoms with E-state index in [4.69, 9.17) is 8.92 Å². The van der Waals surface area contributed by atoms with Gasteiger partial charge in [0.25, 0.3) is 0 Å². The van der Waals surface area contributed by atoms with Gasteiger partial charge in [-0.2, -0.15) is 8.42 Å². The number of hydrogen-bond acceptors (Lipinski definition) is 6. The molecule has 0 aliphatic rings. The van der Waals surface area contributed by atoms with Crippen molar-refractivity contribution < 1.29 is 22.1 Å².